The van der Waals surface area contributed by atoms with Gasteiger partial charge in [-0.2, -0.15) is 0 Å². The molecule has 1 rings (SSSR count). The second-order valence-corrected chi connectivity index (χ2v) is 5.64. The summed E-state index contributed by atoms with van der Waals surface area (Å²) in [4.78, 5) is 2.37. The molecule has 0 aliphatic heterocycles. The summed E-state index contributed by atoms with van der Waals surface area (Å²) in [6, 6.07) is 6.77. The molecule has 0 aromatic heterocycles. The van der Waals surface area contributed by atoms with Gasteiger partial charge in [0.25, 0.3) is 0 Å². The van der Waals surface area contributed by atoms with Gasteiger partial charge in [0, 0.05) is 45.6 Å². The monoisotopic (exact) mass is 294 g/mol. The molecule has 1 unspecified atom stereocenters. The minimum atomic E-state index is 0.161. The van der Waals surface area contributed by atoms with Crippen molar-refractivity contribution >= 4 is 5.69 Å². The third kappa shape index (κ3) is 6.46. The van der Waals surface area contributed by atoms with Crippen LogP contribution in [0.25, 0.3) is 0 Å². The van der Waals surface area contributed by atoms with Crippen LogP contribution in [0, 0.1) is 6.92 Å². The first-order valence-electron chi connectivity index (χ1n) is 7.66. The van der Waals surface area contributed by atoms with Crippen LogP contribution in [0.1, 0.15) is 24.5 Å². The van der Waals surface area contributed by atoms with Crippen LogP contribution in [0.3, 0.4) is 0 Å². The van der Waals surface area contributed by atoms with Gasteiger partial charge in [-0.15, -0.1) is 0 Å². The maximum Gasteiger partial charge on any atom is 0.0637 e. The minimum Gasteiger partial charge on any atom is -0.385 e. The van der Waals surface area contributed by atoms with Crippen LogP contribution in [0.2, 0.25) is 0 Å². The predicted molar refractivity (Wildman–Crippen MR) is 89.1 cm³/mol. The van der Waals surface area contributed by atoms with E-state index in [1.165, 1.54) is 16.8 Å². The van der Waals surface area contributed by atoms with Crippen molar-refractivity contribution in [2.24, 2.45) is 5.73 Å². The van der Waals surface area contributed by atoms with Gasteiger partial charge in [-0.1, -0.05) is 17.7 Å². The SMILES string of the molecule is COCCCN(CCOC)c1ccc(C)cc1CC(C)N. The fourth-order valence-electron chi connectivity index (χ4n) is 2.49. The first kappa shape index (κ1) is 18.0. The second kappa shape index (κ2) is 9.77. The molecule has 0 saturated carbocycles. The van der Waals surface area contributed by atoms with E-state index in [1.54, 1.807) is 14.2 Å². The van der Waals surface area contributed by atoms with Crippen molar-refractivity contribution < 1.29 is 9.47 Å². The number of ether oxygens (including phenoxy) is 2. The van der Waals surface area contributed by atoms with Gasteiger partial charge < -0.3 is 20.1 Å². The average molecular weight is 294 g/mol. The fourth-order valence-corrected chi connectivity index (χ4v) is 2.49. The molecule has 0 heterocycles. The third-order valence-electron chi connectivity index (χ3n) is 3.46. The van der Waals surface area contributed by atoms with Crippen LogP contribution >= 0.6 is 0 Å². The van der Waals surface area contributed by atoms with Crippen molar-refractivity contribution in [3.63, 3.8) is 0 Å². The van der Waals surface area contributed by atoms with Crippen LogP contribution < -0.4 is 10.6 Å². The Hall–Kier alpha value is -1.10. The molecule has 1 atom stereocenters. The van der Waals surface area contributed by atoms with Crippen molar-refractivity contribution in [3.05, 3.63) is 29.3 Å². The third-order valence-corrected chi connectivity index (χ3v) is 3.46. The van der Waals surface area contributed by atoms with E-state index in [4.69, 9.17) is 15.2 Å². The number of anilines is 1. The Labute approximate surface area is 129 Å². The molecule has 0 bridgehead atoms. The molecule has 1 aromatic carbocycles. The van der Waals surface area contributed by atoms with Crippen LogP contribution in [0.5, 0.6) is 0 Å². The van der Waals surface area contributed by atoms with Gasteiger partial charge in [0.05, 0.1) is 6.61 Å². The molecule has 21 heavy (non-hydrogen) atoms. The molecule has 1 aromatic rings. The smallest absolute Gasteiger partial charge is 0.0637 e. The average Bonchev–Trinajstić information content (AvgIpc) is 2.43. The summed E-state index contributed by atoms with van der Waals surface area (Å²) < 4.78 is 10.4. The number of aryl methyl sites for hydroxylation is 1. The first-order chi connectivity index (χ1) is 10.1. The van der Waals surface area contributed by atoms with E-state index >= 15 is 0 Å². The standard InChI is InChI=1S/C17H30N2O2/c1-14-6-7-17(16(12-14)13-15(2)18)19(9-11-21-4)8-5-10-20-3/h6-7,12,15H,5,8-11,13,18H2,1-4H3. The second-order valence-electron chi connectivity index (χ2n) is 5.64. The molecular formula is C17H30N2O2. The Bertz CT molecular complexity index is 408. The van der Waals surface area contributed by atoms with Crippen LogP contribution in [-0.2, 0) is 15.9 Å². The van der Waals surface area contributed by atoms with Gasteiger partial charge in [0.1, 0.15) is 0 Å². The predicted octanol–water partition coefficient (Wildman–Crippen LogP) is 2.37. The van der Waals surface area contributed by atoms with E-state index in [2.05, 4.69) is 36.9 Å². The number of hydrogen-bond donors (Lipinski definition) is 1. The molecule has 120 valence electrons. The first-order valence-corrected chi connectivity index (χ1v) is 7.66. The number of hydrogen-bond acceptors (Lipinski definition) is 4. The topological polar surface area (TPSA) is 47.7 Å². The van der Waals surface area contributed by atoms with E-state index in [9.17, 15) is 0 Å². The van der Waals surface area contributed by atoms with Crippen molar-refractivity contribution in [2.45, 2.75) is 32.7 Å². The molecule has 2 N–H and O–H groups in total. The summed E-state index contributed by atoms with van der Waals surface area (Å²) in [6.45, 7) is 7.52. The zero-order valence-corrected chi connectivity index (χ0v) is 13.9. The highest BCUT2D eigenvalue weighted by Crippen LogP contribution is 2.23. The van der Waals surface area contributed by atoms with Gasteiger partial charge in [-0.25, -0.2) is 0 Å². The Morgan fingerprint density at radius 2 is 1.86 bits per heavy atom. The summed E-state index contributed by atoms with van der Waals surface area (Å²) in [5, 5.41) is 0. The summed E-state index contributed by atoms with van der Waals surface area (Å²) >= 11 is 0. The zero-order valence-electron chi connectivity index (χ0n) is 13.9. The summed E-state index contributed by atoms with van der Waals surface area (Å²) in [5.74, 6) is 0. The lowest BCUT2D eigenvalue weighted by Crippen LogP contribution is -2.31. The molecule has 0 aliphatic carbocycles. The minimum absolute atomic E-state index is 0.161. The van der Waals surface area contributed by atoms with E-state index in [-0.39, 0.29) is 6.04 Å². The Kier molecular flexibility index (Phi) is 8.35. The van der Waals surface area contributed by atoms with Gasteiger partial charge >= 0.3 is 0 Å². The van der Waals surface area contributed by atoms with Crippen molar-refractivity contribution in [1.82, 2.24) is 0 Å². The Balaban J connectivity index is 2.92. The highest BCUT2D eigenvalue weighted by atomic mass is 16.5. The lowest BCUT2D eigenvalue weighted by atomic mass is 10.0. The lowest BCUT2D eigenvalue weighted by molar-refractivity contribution is 0.191. The largest absolute Gasteiger partial charge is 0.385 e. The highest BCUT2D eigenvalue weighted by molar-refractivity contribution is 5.55. The molecule has 0 amide bonds. The number of nitrogens with two attached hydrogens (primary N) is 1. The van der Waals surface area contributed by atoms with Crippen molar-refractivity contribution in [3.8, 4) is 0 Å². The van der Waals surface area contributed by atoms with Gasteiger partial charge in [0.15, 0.2) is 0 Å². The van der Waals surface area contributed by atoms with Gasteiger partial charge in [-0.3, -0.25) is 0 Å². The van der Waals surface area contributed by atoms with Crippen molar-refractivity contribution in [2.75, 3.05) is 45.4 Å². The molecular weight excluding hydrogens is 264 g/mol. The highest BCUT2D eigenvalue weighted by Gasteiger charge is 2.12. The molecule has 0 saturated heterocycles. The summed E-state index contributed by atoms with van der Waals surface area (Å²) in [6.07, 6.45) is 1.90. The lowest BCUT2D eigenvalue weighted by Gasteiger charge is -2.28. The van der Waals surface area contributed by atoms with Crippen molar-refractivity contribution in [1.29, 1.82) is 0 Å². The molecule has 4 nitrogen and oxygen atoms in total. The normalized spacial score (nSPS) is 12.4. The maximum atomic E-state index is 6.00. The molecule has 0 spiro atoms. The van der Waals surface area contributed by atoms with Crippen LogP contribution in [0.4, 0.5) is 5.69 Å². The Morgan fingerprint density at radius 1 is 1.14 bits per heavy atom. The number of benzene rings is 1. The number of methoxy groups -OCH3 is 2. The molecule has 0 aliphatic rings. The Morgan fingerprint density at radius 3 is 2.48 bits per heavy atom. The number of nitrogens with zero attached hydrogens (tertiary/aromatic N) is 1. The maximum absolute atomic E-state index is 6.00. The fraction of sp³-hybridized carbons (Fsp3) is 0.647. The number of rotatable bonds is 10. The van der Waals surface area contributed by atoms with E-state index in [0.29, 0.717) is 0 Å². The zero-order chi connectivity index (χ0) is 15.7. The van der Waals surface area contributed by atoms with E-state index < -0.39 is 0 Å². The van der Waals surface area contributed by atoms with E-state index in [1.807, 2.05) is 0 Å². The van der Waals surface area contributed by atoms with Gasteiger partial charge in [-0.05, 0) is 38.3 Å². The summed E-state index contributed by atoms with van der Waals surface area (Å²) in [7, 11) is 3.48. The molecule has 0 fully saturated rings. The van der Waals surface area contributed by atoms with E-state index in [0.717, 1.165) is 39.1 Å². The molecule has 4 heteroatoms. The molecule has 0 radical (unpaired) electrons. The van der Waals surface area contributed by atoms with Gasteiger partial charge in [0.2, 0.25) is 0 Å². The van der Waals surface area contributed by atoms with Crippen LogP contribution in [0.15, 0.2) is 18.2 Å². The van der Waals surface area contributed by atoms with Crippen LogP contribution in [-0.4, -0.2) is 46.6 Å². The quantitative estimate of drug-likeness (QED) is 0.673. The summed E-state index contributed by atoms with van der Waals surface area (Å²) in [5.41, 5.74) is 9.87.